The molecule has 2 rings (SSSR count). The van der Waals surface area contributed by atoms with Crippen LogP contribution in [0, 0.1) is 0 Å². The molecule has 1 amide bonds. The summed E-state index contributed by atoms with van der Waals surface area (Å²) in [7, 11) is 1.51. The fourth-order valence-corrected chi connectivity index (χ4v) is 2.21. The number of amides is 1. The first kappa shape index (κ1) is 19.1. The van der Waals surface area contributed by atoms with Gasteiger partial charge in [0.2, 0.25) is 0 Å². The largest absolute Gasteiger partial charge is 0.493 e. The molecule has 0 radical (unpaired) electrons. The zero-order valence-corrected chi connectivity index (χ0v) is 14.9. The van der Waals surface area contributed by atoms with Gasteiger partial charge in [0.25, 0.3) is 0 Å². The van der Waals surface area contributed by atoms with Crippen molar-refractivity contribution in [1.29, 1.82) is 0 Å². The van der Waals surface area contributed by atoms with E-state index in [1.54, 1.807) is 43.3 Å². The summed E-state index contributed by atoms with van der Waals surface area (Å²) in [4.78, 5) is 23.7. The number of carbonyl (C=O) groups is 2. The molecule has 1 N–H and O–H groups in total. The lowest BCUT2D eigenvalue weighted by atomic mass is 10.2. The Bertz CT molecular complexity index is 796. The van der Waals surface area contributed by atoms with Gasteiger partial charge in [-0.3, -0.25) is 5.32 Å². The second-order valence-corrected chi connectivity index (χ2v) is 5.22. The van der Waals surface area contributed by atoms with Crippen LogP contribution < -0.4 is 14.8 Å². The van der Waals surface area contributed by atoms with Crippen LogP contribution >= 0.6 is 0 Å². The van der Waals surface area contributed by atoms with Gasteiger partial charge in [-0.2, -0.15) is 0 Å². The molecule has 2 aromatic carbocycles. The van der Waals surface area contributed by atoms with Gasteiger partial charge in [0.15, 0.2) is 11.5 Å². The van der Waals surface area contributed by atoms with Gasteiger partial charge < -0.3 is 14.2 Å². The molecular formula is C20H21NO5. The van der Waals surface area contributed by atoms with Gasteiger partial charge in [0.05, 0.1) is 19.3 Å². The van der Waals surface area contributed by atoms with Crippen LogP contribution in [0.5, 0.6) is 11.5 Å². The van der Waals surface area contributed by atoms with Crippen molar-refractivity contribution in [1.82, 2.24) is 0 Å². The molecule has 0 unspecified atom stereocenters. The summed E-state index contributed by atoms with van der Waals surface area (Å²) in [5.41, 5.74) is 1.84. The normalized spacial score (nSPS) is 10.4. The van der Waals surface area contributed by atoms with Crippen molar-refractivity contribution in [2.45, 2.75) is 13.8 Å². The number of methoxy groups -OCH3 is 1. The molecule has 2 aromatic rings. The summed E-state index contributed by atoms with van der Waals surface area (Å²) >= 11 is 0. The van der Waals surface area contributed by atoms with Crippen molar-refractivity contribution in [3.05, 3.63) is 59.7 Å². The van der Waals surface area contributed by atoms with Crippen LogP contribution in [0.15, 0.2) is 48.5 Å². The number of anilines is 1. The highest BCUT2D eigenvalue weighted by Gasteiger charge is 2.11. The Morgan fingerprint density at radius 1 is 1.08 bits per heavy atom. The third-order valence-electron chi connectivity index (χ3n) is 3.39. The van der Waals surface area contributed by atoms with Gasteiger partial charge in [0, 0.05) is 5.69 Å². The Kier molecular flexibility index (Phi) is 6.79. The van der Waals surface area contributed by atoms with Crippen LogP contribution in [-0.4, -0.2) is 25.8 Å². The lowest BCUT2D eigenvalue weighted by Gasteiger charge is -2.11. The van der Waals surface area contributed by atoms with E-state index in [0.29, 0.717) is 29.4 Å². The number of allylic oxidation sites excluding steroid dienone is 1. The van der Waals surface area contributed by atoms with Crippen LogP contribution in [0.2, 0.25) is 0 Å². The predicted octanol–water partition coefficient (Wildman–Crippen LogP) is 4.52. The van der Waals surface area contributed by atoms with E-state index in [-0.39, 0.29) is 0 Å². The maximum atomic E-state index is 12.1. The molecule has 0 bridgehead atoms. The van der Waals surface area contributed by atoms with E-state index in [1.165, 1.54) is 7.11 Å². The molecule has 0 spiro atoms. The predicted molar refractivity (Wildman–Crippen MR) is 99.7 cm³/mol. The Morgan fingerprint density at radius 3 is 2.42 bits per heavy atom. The van der Waals surface area contributed by atoms with Crippen molar-refractivity contribution in [2.24, 2.45) is 0 Å². The third-order valence-corrected chi connectivity index (χ3v) is 3.39. The van der Waals surface area contributed by atoms with Crippen LogP contribution in [0.1, 0.15) is 29.8 Å². The van der Waals surface area contributed by atoms with Gasteiger partial charge in [0.1, 0.15) is 0 Å². The Balaban J connectivity index is 2.03. The molecule has 0 aromatic heterocycles. The molecule has 6 nitrogen and oxygen atoms in total. The molecule has 0 aliphatic carbocycles. The summed E-state index contributed by atoms with van der Waals surface area (Å²) in [6.07, 6.45) is 3.16. The summed E-state index contributed by atoms with van der Waals surface area (Å²) in [5.74, 6) is 0.349. The van der Waals surface area contributed by atoms with Crippen molar-refractivity contribution >= 4 is 23.8 Å². The number of hydrogen-bond acceptors (Lipinski definition) is 5. The van der Waals surface area contributed by atoms with E-state index in [1.807, 2.05) is 25.1 Å². The molecule has 0 fully saturated rings. The second-order valence-electron chi connectivity index (χ2n) is 5.22. The highest BCUT2D eigenvalue weighted by molar-refractivity contribution is 5.91. The number of nitrogens with one attached hydrogen (secondary N) is 1. The molecule has 0 aliphatic heterocycles. The van der Waals surface area contributed by atoms with E-state index in [0.717, 1.165) is 5.56 Å². The summed E-state index contributed by atoms with van der Waals surface area (Å²) < 4.78 is 15.5. The monoisotopic (exact) mass is 355 g/mol. The highest BCUT2D eigenvalue weighted by Crippen LogP contribution is 2.29. The standard InChI is InChI=1S/C20H21NO5/c1-4-6-14-7-12-17(18(13-14)24-3)26-20(23)21-16-10-8-15(9-11-16)19(22)25-5-2/h4,6-13H,5H2,1-3H3,(H,21,23). The molecule has 26 heavy (non-hydrogen) atoms. The van der Waals surface area contributed by atoms with Crippen molar-refractivity contribution in [3.8, 4) is 11.5 Å². The topological polar surface area (TPSA) is 73.9 Å². The third kappa shape index (κ3) is 5.11. The van der Waals surface area contributed by atoms with E-state index in [2.05, 4.69) is 5.32 Å². The number of carbonyl (C=O) groups excluding carboxylic acids is 2. The SMILES string of the molecule is CC=Cc1ccc(OC(=O)Nc2ccc(C(=O)OCC)cc2)c(OC)c1. The zero-order valence-electron chi connectivity index (χ0n) is 14.9. The summed E-state index contributed by atoms with van der Waals surface area (Å²) in [5, 5.41) is 2.60. The smallest absolute Gasteiger partial charge is 0.417 e. The highest BCUT2D eigenvalue weighted by atomic mass is 16.6. The average Bonchev–Trinajstić information content (AvgIpc) is 2.64. The summed E-state index contributed by atoms with van der Waals surface area (Å²) in [6.45, 7) is 3.96. The van der Waals surface area contributed by atoms with Gasteiger partial charge in [-0.05, 0) is 55.8 Å². The zero-order chi connectivity index (χ0) is 18.9. The van der Waals surface area contributed by atoms with E-state index in [9.17, 15) is 9.59 Å². The molecule has 0 atom stereocenters. The summed E-state index contributed by atoms with van der Waals surface area (Å²) in [6, 6.07) is 11.6. The van der Waals surface area contributed by atoms with Crippen LogP contribution in [-0.2, 0) is 4.74 Å². The fraction of sp³-hybridized carbons (Fsp3) is 0.200. The van der Waals surface area contributed by atoms with Gasteiger partial charge in [-0.1, -0.05) is 18.2 Å². The fourth-order valence-electron chi connectivity index (χ4n) is 2.21. The maximum Gasteiger partial charge on any atom is 0.417 e. The quantitative estimate of drug-likeness (QED) is 0.772. The molecule has 0 saturated heterocycles. The molecule has 0 aliphatic rings. The van der Waals surface area contributed by atoms with Crippen molar-refractivity contribution < 1.29 is 23.8 Å². The van der Waals surface area contributed by atoms with E-state index in [4.69, 9.17) is 14.2 Å². The molecule has 6 heteroatoms. The Labute approximate surface area is 152 Å². The second kappa shape index (κ2) is 9.27. The lowest BCUT2D eigenvalue weighted by molar-refractivity contribution is 0.0526. The first-order chi connectivity index (χ1) is 12.6. The first-order valence-corrected chi connectivity index (χ1v) is 8.14. The minimum atomic E-state index is -0.661. The minimum Gasteiger partial charge on any atom is -0.493 e. The van der Waals surface area contributed by atoms with E-state index < -0.39 is 12.1 Å². The van der Waals surface area contributed by atoms with Crippen LogP contribution in [0.3, 0.4) is 0 Å². The number of ether oxygens (including phenoxy) is 3. The Morgan fingerprint density at radius 2 is 1.81 bits per heavy atom. The first-order valence-electron chi connectivity index (χ1n) is 8.14. The maximum absolute atomic E-state index is 12.1. The molecule has 0 heterocycles. The number of esters is 1. The van der Waals surface area contributed by atoms with Gasteiger partial charge in [-0.25, -0.2) is 9.59 Å². The Hall–Kier alpha value is -3.28. The van der Waals surface area contributed by atoms with Gasteiger partial charge >= 0.3 is 12.1 Å². The van der Waals surface area contributed by atoms with Crippen molar-refractivity contribution in [3.63, 3.8) is 0 Å². The lowest BCUT2D eigenvalue weighted by Crippen LogP contribution is -2.17. The number of benzene rings is 2. The average molecular weight is 355 g/mol. The number of rotatable bonds is 6. The van der Waals surface area contributed by atoms with Crippen LogP contribution in [0.4, 0.5) is 10.5 Å². The van der Waals surface area contributed by atoms with Crippen molar-refractivity contribution in [2.75, 3.05) is 19.0 Å². The molecule has 136 valence electrons. The number of hydrogen-bond donors (Lipinski definition) is 1. The molecular weight excluding hydrogens is 334 g/mol. The minimum absolute atomic E-state index is 0.305. The van der Waals surface area contributed by atoms with Crippen LogP contribution in [0.25, 0.3) is 6.08 Å². The molecule has 0 saturated carbocycles. The van der Waals surface area contributed by atoms with E-state index >= 15 is 0 Å². The van der Waals surface area contributed by atoms with Gasteiger partial charge in [-0.15, -0.1) is 0 Å².